The smallest absolute Gasteiger partial charge is 0.254 e. The van der Waals surface area contributed by atoms with Gasteiger partial charge in [-0.15, -0.1) is 0 Å². The van der Waals surface area contributed by atoms with Gasteiger partial charge in [-0.3, -0.25) is 19.4 Å². The highest BCUT2D eigenvalue weighted by atomic mass is 16.5. The highest BCUT2D eigenvalue weighted by Crippen LogP contribution is 2.33. The molecule has 9 aromatic rings. The third kappa shape index (κ3) is 9.29. The van der Waals surface area contributed by atoms with E-state index in [9.17, 15) is 9.59 Å². The lowest BCUT2D eigenvalue weighted by atomic mass is 10.1. The summed E-state index contributed by atoms with van der Waals surface area (Å²) in [5.74, 6) is 0.400. The molecule has 10 heterocycles. The SMILES string of the molecule is CN(Cc1ccccc1)c1cc(-c2cn(CCN3CCOCC3)c3ncccc23)nc2c(C(N)=O)cnn12.CNc1cc(-c2cn(CCN3CCOCC3)c3ncccc23)nc2c(C(N)=O)cnn12. The molecule has 2 fully saturated rings. The molecular formula is C49H54N16O4. The zero-order valence-corrected chi connectivity index (χ0v) is 38.6. The van der Waals surface area contributed by atoms with Crippen molar-refractivity contribution in [1.82, 2.24) is 58.1 Å². The number of anilines is 2. The number of hydrogen-bond acceptors (Lipinski definition) is 14. The van der Waals surface area contributed by atoms with Crippen molar-refractivity contribution in [2.75, 3.05) is 90.0 Å². The molecule has 20 heteroatoms. The van der Waals surface area contributed by atoms with Crippen LogP contribution >= 0.6 is 0 Å². The largest absolute Gasteiger partial charge is 0.379 e. The van der Waals surface area contributed by atoms with E-state index in [4.69, 9.17) is 35.9 Å². The first kappa shape index (κ1) is 45.0. The number of carbonyl (C=O) groups is 2. The molecule has 0 bridgehead atoms. The maximum absolute atomic E-state index is 12.2. The van der Waals surface area contributed by atoms with Crippen molar-refractivity contribution in [3.63, 3.8) is 0 Å². The molecule has 0 unspecified atom stereocenters. The van der Waals surface area contributed by atoms with Gasteiger partial charge < -0.3 is 40.3 Å². The van der Waals surface area contributed by atoms with Crippen LogP contribution in [0.4, 0.5) is 11.6 Å². The van der Waals surface area contributed by atoms with E-state index in [0.717, 1.165) is 135 Å². The van der Waals surface area contributed by atoms with E-state index < -0.39 is 11.8 Å². The standard InChI is InChI=1S/C28H30N8O2.C21H24N8O2/c1-33(18-20-6-3-2-4-7-20)25-16-24(32-28-22(26(29)37)17-31-36(25)28)23-19-35(27-21(23)8-5-9-30-27)11-10-34-12-14-38-15-13-34;1-23-18-11-17(26-21-15(19(22)30)12-25-29(18)21)16-13-28(20-14(16)3-2-4-24-20)6-5-27-7-9-31-10-8-27/h2-9,16-17,19H,10-15,18H2,1H3,(H2,29,37);2-4,11-13,23H,5-10H2,1H3,(H2,22,30). The summed E-state index contributed by atoms with van der Waals surface area (Å²) in [6.45, 7) is 11.0. The fourth-order valence-corrected chi connectivity index (χ4v) is 9.06. The number of morpholine rings is 2. The molecular weight excluding hydrogens is 877 g/mol. The molecule has 5 N–H and O–H groups in total. The van der Waals surface area contributed by atoms with E-state index in [-0.39, 0.29) is 11.1 Å². The second-order valence-corrected chi connectivity index (χ2v) is 17.1. The highest BCUT2D eigenvalue weighted by molar-refractivity contribution is 6.01. The first-order valence-corrected chi connectivity index (χ1v) is 23.0. The predicted molar refractivity (Wildman–Crippen MR) is 263 cm³/mol. The maximum Gasteiger partial charge on any atom is 0.254 e. The number of rotatable bonds is 14. The fraction of sp³-hybridized carbons (Fsp3) is 0.306. The number of primary amides is 2. The fourth-order valence-electron chi connectivity index (χ4n) is 9.06. The van der Waals surface area contributed by atoms with Gasteiger partial charge in [0.15, 0.2) is 11.3 Å². The lowest BCUT2D eigenvalue weighted by Crippen LogP contribution is -2.38. The monoisotopic (exact) mass is 930 g/mol. The lowest BCUT2D eigenvalue weighted by molar-refractivity contribution is 0.0365. The van der Waals surface area contributed by atoms with E-state index >= 15 is 0 Å². The van der Waals surface area contributed by atoms with Crippen LogP contribution in [-0.2, 0) is 29.1 Å². The Balaban J connectivity index is 0.000000164. The molecule has 2 saturated heterocycles. The molecule has 1 aromatic carbocycles. The van der Waals surface area contributed by atoms with Crippen molar-refractivity contribution in [2.45, 2.75) is 19.6 Å². The highest BCUT2D eigenvalue weighted by Gasteiger charge is 2.23. The van der Waals surface area contributed by atoms with E-state index in [1.807, 2.05) is 61.8 Å². The second kappa shape index (κ2) is 19.8. The van der Waals surface area contributed by atoms with Gasteiger partial charge in [-0.05, 0) is 29.8 Å². The summed E-state index contributed by atoms with van der Waals surface area (Å²) >= 11 is 0. The number of nitrogens with zero attached hydrogens (tertiary/aromatic N) is 13. The molecule has 0 aliphatic carbocycles. The van der Waals surface area contributed by atoms with E-state index in [1.165, 1.54) is 12.4 Å². The van der Waals surface area contributed by atoms with Gasteiger partial charge in [0, 0.05) is 132 Å². The zero-order chi connectivity index (χ0) is 47.4. The van der Waals surface area contributed by atoms with Gasteiger partial charge in [0.1, 0.15) is 34.1 Å². The van der Waals surface area contributed by atoms with Crippen LogP contribution in [0.25, 0.3) is 55.9 Å². The summed E-state index contributed by atoms with van der Waals surface area (Å²) in [6.07, 6.45) is 10.7. The Labute approximate surface area is 397 Å². The maximum atomic E-state index is 12.2. The van der Waals surface area contributed by atoms with Crippen LogP contribution in [0.2, 0.25) is 0 Å². The van der Waals surface area contributed by atoms with Crippen LogP contribution < -0.4 is 21.7 Å². The van der Waals surface area contributed by atoms with E-state index in [0.29, 0.717) is 23.7 Å². The molecule has 0 spiro atoms. The van der Waals surface area contributed by atoms with Gasteiger partial charge in [-0.25, -0.2) is 19.9 Å². The number of pyridine rings is 2. The molecule has 20 nitrogen and oxygen atoms in total. The van der Waals surface area contributed by atoms with Crippen molar-refractivity contribution in [3.8, 4) is 22.5 Å². The second-order valence-electron chi connectivity index (χ2n) is 17.1. The molecule has 2 amide bonds. The Kier molecular flexibility index (Phi) is 12.9. The molecule has 11 rings (SSSR count). The molecule has 354 valence electrons. The lowest BCUT2D eigenvalue weighted by Gasteiger charge is -2.26. The quantitative estimate of drug-likeness (QED) is 0.140. The first-order valence-electron chi connectivity index (χ1n) is 23.0. The summed E-state index contributed by atoms with van der Waals surface area (Å²) in [4.78, 5) is 49.9. The van der Waals surface area contributed by atoms with Crippen molar-refractivity contribution < 1.29 is 19.1 Å². The molecule has 0 atom stereocenters. The molecule has 2 aliphatic heterocycles. The Morgan fingerprint density at radius 2 is 1.16 bits per heavy atom. The average molecular weight is 931 g/mol. The number of nitrogens with one attached hydrogen (secondary N) is 1. The number of aromatic nitrogens is 10. The number of nitrogens with two attached hydrogens (primary N) is 2. The van der Waals surface area contributed by atoms with Gasteiger partial charge in [0.25, 0.3) is 11.8 Å². The number of fused-ring (bicyclic) bond motifs is 4. The molecule has 2 aliphatic rings. The summed E-state index contributed by atoms with van der Waals surface area (Å²) in [7, 11) is 3.81. The van der Waals surface area contributed by atoms with Crippen molar-refractivity contribution in [2.24, 2.45) is 11.5 Å². The van der Waals surface area contributed by atoms with E-state index in [1.54, 1.807) is 22.3 Å². The van der Waals surface area contributed by atoms with Crippen LogP contribution in [0.15, 0.2) is 104 Å². The third-order valence-corrected chi connectivity index (χ3v) is 12.7. The van der Waals surface area contributed by atoms with E-state index in [2.05, 4.69) is 74.9 Å². The predicted octanol–water partition coefficient (Wildman–Crippen LogP) is 4.03. The van der Waals surface area contributed by atoms with Crippen LogP contribution in [0.5, 0.6) is 0 Å². The Morgan fingerprint density at radius 3 is 1.68 bits per heavy atom. The number of ether oxygens (including phenoxy) is 2. The summed E-state index contributed by atoms with van der Waals surface area (Å²) in [5.41, 5.74) is 19.0. The third-order valence-electron chi connectivity index (χ3n) is 12.7. The van der Waals surface area contributed by atoms with Crippen LogP contribution in [-0.4, -0.2) is 150 Å². The average Bonchev–Trinajstić information content (AvgIpc) is 4.19. The zero-order valence-electron chi connectivity index (χ0n) is 38.6. The number of benzene rings is 1. The first-order chi connectivity index (χ1) is 33.7. The van der Waals surface area contributed by atoms with Gasteiger partial charge >= 0.3 is 0 Å². The number of amides is 2. The molecule has 0 radical (unpaired) electrons. The van der Waals surface area contributed by atoms with Crippen LogP contribution in [0.1, 0.15) is 26.3 Å². The summed E-state index contributed by atoms with van der Waals surface area (Å²) < 4.78 is 18.6. The minimum Gasteiger partial charge on any atom is -0.379 e. The normalized spacial score (nSPS) is 14.6. The molecule has 8 aromatic heterocycles. The Hall–Kier alpha value is -7.78. The topological polar surface area (TPSA) is 222 Å². The van der Waals surface area contributed by atoms with Crippen molar-refractivity contribution in [1.29, 1.82) is 0 Å². The van der Waals surface area contributed by atoms with Gasteiger partial charge in [0.05, 0.1) is 50.2 Å². The van der Waals surface area contributed by atoms with Crippen LogP contribution in [0, 0.1) is 0 Å². The molecule has 0 saturated carbocycles. The number of hydrogen-bond donors (Lipinski definition) is 3. The Morgan fingerprint density at radius 1 is 0.652 bits per heavy atom. The minimum absolute atomic E-state index is 0.285. The van der Waals surface area contributed by atoms with Gasteiger partial charge in [-0.2, -0.15) is 19.2 Å². The summed E-state index contributed by atoms with van der Waals surface area (Å²) in [5, 5.41) is 13.8. The van der Waals surface area contributed by atoms with Crippen molar-refractivity contribution in [3.05, 3.63) is 121 Å². The molecule has 69 heavy (non-hydrogen) atoms. The van der Waals surface area contributed by atoms with Crippen LogP contribution in [0.3, 0.4) is 0 Å². The van der Waals surface area contributed by atoms with Crippen molar-refractivity contribution >= 4 is 56.8 Å². The number of carbonyl (C=O) groups excluding carboxylic acids is 2. The van der Waals surface area contributed by atoms with Gasteiger partial charge in [-0.1, -0.05) is 30.3 Å². The minimum atomic E-state index is -0.559. The summed E-state index contributed by atoms with van der Waals surface area (Å²) in [6, 6.07) is 22.1. The van der Waals surface area contributed by atoms with Gasteiger partial charge in [0.2, 0.25) is 0 Å². The Bertz CT molecular complexity index is 3270.